The summed E-state index contributed by atoms with van der Waals surface area (Å²) in [6, 6.07) is 17.9. The average Bonchev–Trinajstić information content (AvgIpc) is 2.82. The van der Waals surface area contributed by atoms with Crippen LogP contribution in [0, 0.1) is 5.82 Å². The van der Waals surface area contributed by atoms with Crippen LogP contribution < -0.4 is 0 Å². The Morgan fingerprint density at radius 2 is 1.86 bits per heavy atom. The first-order chi connectivity index (χ1) is 16.6. The fourth-order valence-corrected chi connectivity index (χ4v) is 4.44. The zero-order chi connectivity index (χ0) is 25.2. The van der Waals surface area contributed by atoms with Gasteiger partial charge in [0, 0.05) is 22.7 Å². The molecule has 0 aliphatic carbocycles. The molecule has 3 atom stereocenters. The van der Waals surface area contributed by atoms with Gasteiger partial charge in [0.25, 0.3) is 0 Å². The van der Waals surface area contributed by atoms with Crippen LogP contribution in [0.4, 0.5) is 9.18 Å². The van der Waals surface area contributed by atoms with Crippen molar-refractivity contribution >= 4 is 27.1 Å². The smallest absolute Gasteiger partial charge is 0.410 e. The second kappa shape index (κ2) is 10.4. The molecule has 3 aromatic carbocycles. The Labute approximate surface area is 209 Å². The number of phenolic OH excluding ortho intramolecular Hbond substituents is 1. The lowest BCUT2D eigenvalue weighted by Crippen LogP contribution is -2.49. The highest BCUT2D eigenvalue weighted by molar-refractivity contribution is 6.12. The molecule has 3 unspecified atom stereocenters. The van der Waals surface area contributed by atoms with E-state index in [1.807, 2.05) is 38.1 Å². The third-order valence-corrected chi connectivity index (χ3v) is 8.60. The van der Waals surface area contributed by atoms with Gasteiger partial charge in [-0.1, -0.05) is 37.3 Å². The normalized spacial score (nSPS) is 19.6. The van der Waals surface area contributed by atoms with E-state index in [0.29, 0.717) is 31.7 Å². The van der Waals surface area contributed by atoms with Crippen molar-refractivity contribution in [1.29, 1.82) is 0 Å². The minimum Gasteiger partial charge on any atom is -0.508 e. The molecule has 35 heavy (non-hydrogen) atoms. The molecule has 0 bridgehead atoms. The van der Waals surface area contributed by atoms with Crippen LogP contribution in [0.2, 0.25) is 5.54 Å². The molecule has 0 spiro atoms. The highest BCUT2D eigenvalue weighted by Crippen LogP contribution is 2.33. The van der Waals surface area contributed by atoms with Crippen molar-refractivity contribution in [3.05, 3.63) is 77.6 Å². The predicted molar refractivity (Wildman–Crippen MR) is 139 cm³/mol. The summed E-state index contributed by atoms with van der Waals surface area (Å²) in [4.78, 5) is 14.7. The van der Waals surface area contributed by atoms with Crippen LogP contribution in [0.3, 0.4) is 0 Å². The van der Waals surface area contributed by atoms with Gasteiger partial charge in [0.05, 0.1) is 19.3 Å². The van der Waals surface area contributed by atoms with Gasteiger partial charge in [-0.2, -0.15) is 0 Å². The van der Waals surface area contributed by atoms with Crippen LogP contribution >= 0.6 is 0 Å². The van der Waals surface area contributed by atoms with Gasteiger partial charge in [0.2, 0.25) is 0 Å². The van der Waals surface area contributed by atoms with Gasteiger partial charge in [-0.05, 0) is 78.0 Å². The largest absolute Gasteiger partial charge is 0.508 e. The molecule has 4 rings (SSSR count). The molecule has 1 aliphatic heterocycles. The lowest BCUT2D eigenvalue weighted by molar-refractivity contribution is -0.0393. The third-order valence-electron chi connectivity index (χ3n) is 7.21. The quantitative estimate of drug-likeness (QED) is 0.481. The summed E-state index contributed by atoms with van der Waals surface area (Å²) < 4.78 is 25.8. The molecule has 1 fully saturated rings. The molecule has 0 radical (unpaired) electrons. The van der Waals surface area contributed by atoms with Crippen molar-refractivity contribution in [2.24, 2.45) is 0 Å². The van der Waals surface area contributed by atoms with E-state index in [0.717, 1.165) is 32.1 Å². The number of piperidine rings is 1. The Hall–Kier alpha value is -2.90. The number of benzene rings is 3. The Morgan fingerprint density at radius 1 is 1.14 bits per heavy atom. The number of hydrogen-bond acceptors (Lipinski definition) is 4. The maximum atomic E-state index is 13.6. The van der Waals surface area contributed by atoms with E-state index in [-0.39, 0.29) is 29.7 Å². The number of aromatic hydroxyl groups is 1. The summed E-state index contributed by atoms with van der Waals surface area (Å²) in [6.45, 7) is 7.33. The number of hydrogen-bond donors (Lipinski definition) is 1. The van der Waals surface area contributed by atoms with Gasteiger partial charge in [-0.15, -0.1) is 0 Å². The van der Waals surface area contributed by atoms with E-state index < -0.39 is 5.60 Å². The van der Waals surface area contributed by atoms with Crippen LogP contribution in [0.25, 0.3) is 10.8 Å². The fourth-order valence-electron chi connectivity index (χ4n) is 4.33. The predicted octanol–water partition coefficient (Wildman–Crippen LogP) is 5.15. The Bertz CT molecular complexity index is 1180. The molecule has 186 valence electrons. The fraction of sp³-hybridized carbons (Fsp3) is 0.393. The van der Waals surface area contributed by atoms with Gasteiger partial charge in [-0.25, -0.2) is 9.18 Å². The first kappa shape index (κ1) is 25.2. The first-order valence-corrected chi connectivity index (χ1v) is 13.3. The molecule has 5 nitrogen and oxygen atoms in total. The highest BCUT2D eigenvalue weighted by Gasteiger charge is 2.36. The van der Waals surface area contributed by atoms with Crippen LogP contribution in [0.15, 0.2) is 60.7 Å². The maximum Gasteiger partial charge on any atom is 0.410 e. The zero-order valence-corrected chi connectivity index (χ0v) is 22.8. The second-order valence-electron chi connectivity index (χ2n) is 10.2. The summed E-state index contributed by atoms with van der Waals surface area (Å²) >= 11 is 0. The third kappa shape index (κ3) is 6.03. The number of carbonyl (C=O) groups excluding carboxylic acids is 1. The van der Waals surface area contributed by atoms with Crippen LogP contribution in [0.5, 0.6) is 5.75 Å². The number of nitrogens with zero attached hydrogens (tertiary/aromatic N) is 1. The summed E-state index contributed by atoms with van der Waals surface area (Å²) in [5.41, 5.74) is 1.79. The van der Waals surface area contributed by atoms with Crippen molar-refractivity contribution in [2.45, 2.75) is 57.0 Å². The molecular weight excluding hydrogens is 461 g/mol. The molecule has 0 aromatic heterocycles. The number of carbonyl (C=O) groups is 1. The summed E-state index contributed by atoms with van der Waals surface area (Å²) in [7, 11) is 0.934. The van der Waals surface area contributed by atoms with Gasteiger partial charge in [0.15, 0.2) is 0 Å². The van der Waals surface area contributed by atoms with E-state index in [1.54, 1.807) is 29.2 Å². The Balaban J connectivity index is 1.52. The van der Waals surface area contributed by atoms with Gasteiger partial charge >= 0.3 is 6.09 Å². The number of rotatable bonds is 6. The number of ether oxygens (including phenoxy) is 2. The minimum absolute atomic E-state index is 0.0367. The van der Waals surface area contributed by atoms with Gasteiger partial charge in [-0.3, -0.25) is 0 Å². The van der Waals surface area contributed by atoms with Crippen molar-refractivity contribution < 1.29 is 23.8 Å². The van der Waals surface area contributed by atoms with Crippen LogP contribution in [0.1, 0.15) is 44.2 Å². The van der Waals surface area contributed by atoms with E-state index in [9.17, 15) is 14.3 Å². The molecule has 1 amide bonds. The number of halogens is 1. The maximum absolute atomic E-state index is 13.6. The molecule has 1 aliphatic rings. The van der Waals surface area contributed by atoms with E-state index in [1.165, 1.54) is 12.1 Å². The lowest BCUT2D eigenvalue weighted by atomic mass is 9.87. The lowest BCUT2D eigenvalue weighted by Gasteiger charge is -2.40. The van der Waals surface area contributed by atoms with Gasteiger partial charge in [0.1, 0.15) is 17.2 Å². The monoisotopic (exact) mass is 495 g/mol. The number of amides is 1. The summed E-state index contributed by atoms with van der Waals surface area (Å²) in [6.07, 6.45) is 0.122. The summed E-state index contributed by atoms with van der Waals surface area (Å²) in [5.74, 6) is -0.0128. The number of fused-ring (bicyclic) bond motifs is 1. The number of phenols is 1. The second-order valence-corrected chi connectivity index (χ2v) is 12.0. The molecule has 3 aromatic rings. The van der Waals surface area contributed by atoms with E-state index >= 15 is 0 Å². The topological polar surface area (TPSA) is 59.0 Å². The number of likely N-dealkylation sites (tertiary alicyclic amines) is 1. The van der Waals surface area contributed by atoms with Crippen molar-refractivity contribution in [3.63, 3.8) is 0 Å². The molecule has 0 saturated carbocycles. The highest BCUT2D eigenvalue weighted by atomic mass is 28.1. The Kier molecular flexibility index (Phi) is 7.47. The van der Waals surface area contributed by atoms with E-state index in [4.69, 9.17) is 9.47 Å². The van der Waals surface area contributed by atoms with Crippen molar-refractivity contribution in [3.8, 4) is 5.75 Å². The van der Waals surface area contributed by atoms with Crippen LogP contribution in [-0.2, 0) is 16.1 Å². The first-order valence-electron chi connectivity index (χ1n) is 12.2. The molecule has 7 heteroatoms. The van der Waals surface area contributed by atoms with Crippen LogP contribution in [-0.4, -0.2) is 51.1 Å². The molecule has 1 heterocycles. The average molecular weight is 496 g/mol. The molecule has 1 N–H and O–H groups in total. The van der Waals surface area contributed by atoms with Crippen molar-refractivity contribution in [1.82, 2.24) is 4.90 Å². The molecular formula is C28H34FNO4Si. The SMILES string of the molecule is CC([SiH3])C(C)(C)OC(=O)N1CCC(c2ccc(F)cc2)C(OCc2ccc3ccc(O)cc3c2)C1. The van der Waals surface area contributed by atoms with Gasteiger partial charge < -0.3 is 19.5 Å². The Morgan fingerprint density at radius 3 is 2.57 bits per heavy atom. The minimum atomic E-state index is -0.510. The molecule has 1 saturated heterocycles. The zero-order valence-electron chi connectivity index (χ0n) is 20.8. The standard InChI is InChI=1S/C28H34FNO4Si/c1-18(35)28(2,3)34-27(32)30-13-12-25(21-6-9-23(29)10-7-21)26(16-30)33-17-19-4-5-20-8-11-24(31)15-22(20)14-19/h4-11,14-15,18,25-26,31H,12-13,16-17H2,1-3,35H3. The van der Waals surface area contributed by atoms with E-state index in [2.05, 4.69) is 6.92 Å². The van der Waals surface area contributed by atoms with Crippen molar-refractivity contribution in [2.75, 3.05) is 13.1 Å². The summed E-state index contributed by atoms with van der Waals surface area (Å²) in [5, 5.41) is 11.8.